The average Bonchev–Trinajstić information content (AvgIpc) is 2.81. The zero-order valence-corrected chi connectivity index (χ0v) is 19.9. The Labute approximate surface area is 194 Å². The Morgan fingerprint density at radius 1 is 0.939 bits per heavy atom. The number of sulfonamides is 1. The maximum absolute atomic E-state index is 12.7. The molecule has 33 heavy (non-hydrogen) atoms. The second kappa shape index (κ2) is 10.6. The van der Waals surface area contributed by atoms with Crippen molar-refractivity contribution in [3.8, 4) is 11.1 Å². The van der Waals surface area contributed by atoms with Gasteiger partial charge in [-0.25, -0.2) is 8.42 Å². The molecule has 1 N–H and O–H groups in total. The number of carbonyl (C=O) groups is 1. The van der Waals surface area contributed by atoms with Crippen molar-refractivity contribution in [1.82, 2.24) is 14.2 Å². The lowest BCUT2D eigenvalue weighted by molar-refractivity contribution is -0.122. The highest BCUT2D eigenvalue weighted by Crippen LogP contribution is 2.21. The predicted molar refractivity (Wildman–Crippen MR) is 129 cm³/mol. The number of nitrogens with zero attached hydrogens (tertiary/aromatic N) is 2. The topological polar surface area (TPSA) is 88.5 Å². The van der Waals surface area contributed by atoms with Crippen LogP contribution in [0.15, 0.2) is 82.6 Å². The molecule has 3 aromatic rings. The second-order valence-electron chi connectivity index (χ2n) is 7.70. The number of nitrogens with one attached hydrogen (secondary N) is 1. The van der Waals surface area contributed by atoms with E-state index in [1.165, 1.54) is 22.6 Å². The average molecular weight is 468 g/mol. The molecule has 8 heteroatoms. The van der Waals surface area contributed by atoms with E-state index in [4.69, 9.17) is 0 Å². The smallest absolute Gasteiger partial charge is 0.251 e. The van der Waals surface area contributed by atoms with Gasteiger partial charge in [0.15, 0.2) is 0 Å². The summed E-state index contributed by atoms with van der Waals surface area (Å²) in [6.07, 6.45) is 1.23. The molecule has 3 rings (SSSR count). The number of amides is 1. The molecular weight excluding hydrogens is 438 g/mol. The molecule has 0 fully saturated rings. The van der Waals surface area contributed by atoms with Crippen molar-refractivity contribution in [3.05, 3.63) is 88.8 Å². The van der Waals surface area contributed by atoms with Gasteiger partial charge in [0.05, 0.1) is 10.9 Å². The summed E-state index contributed by atoms with van der Waals surface area (Å²) >= 11 is 0. The minimum atomic E-state index is -3.73. The van der Waals surface area contributed by atoms with Gasteiger partial charge in [-0.05, 0) is 29.7 Å². The fourth-order valence-electron chi connectivity index (χ4n) is 3.62. The normalized spacial score (nSPS) is 12.5. The fraction of sp³-hybridized carbons (Fsp3) is 0.280. The number of aromatic nitrogens is 1. The molecule has 0 spiro atoms. The van der Waals surface area contributed by atoms with E-state index in [2.05, 4.69) is 5.32 Å². The van der Waals surface area contributed by atoms with Crippen LogP contribution in [-0.2, 0) is 21.4 Å². The van der Waals surface area contributed by atoms with Crippen LogP contribution in [0.2, 0.25) is 0 Å². The molecule has 0 aliphatic rings. The number of rotatable bonds is 9. The predicted octanol–water partition coefficient (Wildman–Crippen LogP) is 3.42. The third-order valence-electron chi connectivity index (χ3n) is 5.51. The third-order valence-corrected chi connectivity index (χ3v) is 7.54. The molecule has 0 saturated carbocycles. The highest BCUT2D eigenvalue weighted by Gasteiger charge is 2.22. The number of benzene rings is 2. The molecule has 1 heterocycles. The van der Waals surface area contributed by atoms with E-state index in [1.807, 2.05) is 61.5 Å². The standard InChI is InChI=1S/C25H29N3O4S/c1-4-28(5-2)33(31,32)23-15-16-25(30)27(17-23)18-24(29)26-19(3)20-11-13-22(14-12-20)21-9-7-6-8-10-21/h6-17,19H,4-5,18H2,1-3H3,(H,26,29). The highest BCUT2D eigenvalue weighted by atomic mass is 32.2. The van der Waals surface area contributed by atoms with Crippen molar-refractivity contribution in [3.63, 3.8) is 0 Å². The second-order valence-corrected chi connectivity index (χ2v) is 9.64. The molecule has 174 valence electrons. The molecule has 1 amide bonds. The van der Waals surface area contributed by atoms with Gasteiger partial charge in [0.25, 0.3) is 5.56 Å². The molecule has 0 saturated heterocycles. The van der Waals surface area contributed by atoms with Crippen molar-refractivity contribution in [1.29, 1.82) is 0 Å². The van der Waals surface area contributed by atoms with E-state index < -0.39 is 15.6 Å². The van der Waals surface area contributed by atoms with Crippen LogP contribution in [0.25, 0.3) is 11.1 Å². The van der Waals surface area contributed by atoms with Gasteiger partial charge in [-0.15, -0.1) is 0 Å². The zero-order chi connectivity index (χ0) is 24.0. The molecule has 0 aliphatic carbocycles. The molecule has 1 aromatic heterocycles. The summed E-state index contributed by atoms with van der Waals surface area (Å²) in [5, 5.41) is 2.88. The summed E-state index contributed by atoms with van der Waals surface area (Å²) in [6, 6.07) is 20.1. The largest absolute Gasteiger partial charge is 0.348 e. The lowest BCUT2D eigenvalue weighted by Gasteiger charge is -2.19. The minimum Gasteiger partial charge on any atom is -0.348 e. The number of hydrogen-bond donors (Lipinski definition) is 1. The van der Waals surface area contributed by atoms with Crippen LogP contribution in [-0.4, -0.2) is 36.3 Å². The van der Waals surface area contributed by atoms with Gasteiger partial charge in [-0.3, -0.25) is 9.59 Å². The van der Waals surface area contributed by atoms with Crippen LogP contribution in [0.1, 0.15) is 32.4 Å². The van der Waals surface area contributed by atoms with Gasteiger partial charge < -0.3 is 9.88 Å². The SMILES string of the molecule is CCN(CC)S(=O)(=O)c1ccc(=O)n(CC(=O)NC(C)c2ccc(-c3ccccc3)cc2)c1. The van der Waals surface area contributed by atoms with Crippen molar-refractivity contribution in [2.24, 2.45) is 0 Å². The van der Waals surface area contributed by atoms with E-state index in [0.717, 1.165) is 21.3 Å². The molecule has 1 atom stereocenters. The van der Waals surface area contributed by atoms with Crippen LogP contribution in [0.4, 0.5) is 0 Å². The van der Waals surface area contributed by atoms with Crippen LogP contribution < -0.4 is 10.9 Å². The Morgan fingerprint density at radius 2 is 1.55 bits per heavy atom. The molecular formula is C25H29N3O4S. The quantitative estimate of drug-likeness (QED) is 0.522. The first kappa shape index (κ1) is 24.4. The summed E-state index contributed by atoms with van der Waals surface area (Å²) in [4.78, 5) is 24.8. The molecule has 0 bridgehead atoms. The van der Waals surface area contributed by atoms with E-state index in [1.54, 1.807) is 13.8 Å². The Hall–Kier alpha value is -3.23. The number of hydrogen-bond acceptors (Lipinski definition) is 4. The Bertz CT molecular complexity index is 1250. The monoisotopic (exact) mass is 467 g/mol. The van der Waals surface area contributed by atoms with Crippen LogP contribution in [0.5, 0.6) is 0 Å². The van der Waals surface area contributed by atoms with Gasteiger partial charge >= 0.3 is 0 Å². The van der Waals surface area contributed by atoms with Crippen molar-refractivity contribution in [2.45, 2.75) is 38.3 Å². The van der Waals surface area contributed by atoms with Gasteiger partial charge in [0.1, 0.15) is 6.54 Å². The Kier molecular flexibility index (Phi) is 7.84. The van der Waals surface area contributed by atoms with Gasteiger partial charge in [-0.2, -0.15) is 4.31 Å². The third kappa shape index (κ3) is 5.77. The highest BCUT2D eigenvalue weighted by molar-refractivity contribution is 7.89. The molecule has 7 nitrogen and oxygen atoms in total. The first-order valence-corrected chi connectivity index (χ1v) is 12.4. The Balaban J connectivity index is 1.71. The van der Waals surface area contributed by atoms with E-state index in [9.17, 15) is 18.0 Å². The first-order chi connectivity index (χ1) is 15.8. The molecule has 2 aromatic carbocycles. The molecule has 0 aliphatic heterocycles. The Morgan fingerprint density at radius 3 is 2.15 bits per heavy atom. The lowest BCUT2D eigenvalue weighted by Crippen LogP contribution is -2.35. The minimum absolute atomic E-state index is 0.0110. The van der Waals surface area contributed by atoms with E-state index >= 15 is 0 Å². The van der Waals surface area contributed by atoms with Crippen molar-refractivity contribution < 1.29 is 13.2 Å². The van der Waals surface area contributed by atoms with Gasteiger partial charge in [-0.1, -0.05) is 68.4 Å². The van der Waals surface area contributed by atoms with Crippen molar-refractivity contribution >= 4 is 15.9 Å². The summed E-state index contributed by atoms with van der Waals surface area (Å²) in [6.45, 7) is 5.72. The zero-order valence-electron chi connectivity index (χ0n) is 19.1. The summed E-state index contributed by atoms with van der Waals surface area (Å²) in [5.74, 6) is -0.380. The summed E-state index contributed by atoms with van der Waals surface area (Å²) in [7, 11) is -3.73. The van der Waals surface area contributed by atoms with Crippen LogP contribution >= 0.6 is 0 Å². The van der Waals surface area contributed by atoms with Crippen LogP contribution in [0.3, 0.4) is 0 Å². The van der Waals surface area contributed by atoms with E-state index in [0.29, 0.717) is 13.1 Å². The number of carbonyl (C=O) groups excluding carboxylic acids is 1. The number of pyridine rings is 1. The van der Waals surface area contributed by atoms with Gasteiger partial charge in [0, 0.05) is 25.4 Å². The lowest BCUT2D eigenvalue weighted by atomic mass is 10.0. The summed E-state index contributed by atoms with van der Waals surface area (Å²) in [5.41, 5.74) is 2.67. The van der Waals surface area contributed by atoms with Crippen LogP contribution in [0, 0.1) is 0 Å². The maximum Gasteiger partial charge on any atom is 0.251 e. The molecule has 1 unspecified atom stereocenters. The molecule has 0 radical (unpaired) electrons. The first-order valence-electron chi connectivity index (χ1n) is 10.9. The maximum atomic E-state index is 12.7. The summed E-state index contributed by atoms with van der Waals surface area (Å²) < 4.78 is 27.9. The van der Waals surface area contributed by atoms with Crippen molar-refractivity contribution in [2.75, 3.05) is 13.1 Å². The van der Waals surface area contributed by atoms with Gasteiger partial charge in [0.2, 0.25) is 15.9 Å². The fourth-order valence-corrected chi connectivity index (χ4v) is 5.10. The van der Waals surface area contributed by atoms with E-state index in [-0.39, 0.29) is 23.4 Å².